The molecule has 0 bridgehead atoms. The van der Waals surface area contributed by atoms with Gasteiger partial charge in [-0.2, -0.15) is 0 Å². The number of ether oxygens (including phenoxy) is 1. The molecule has 0 aliphatic heterocycles. The van der Waals surface area contributed by atoms with Crippen LogP contribution in [0.25, 0.3) is 17.1 Å². The molecule has 3 rings (SSSR count). The Balaban J connectivity index is 1.94. The molecule has 0 aliphatic carbocycles. The van der Waals surface area contributed by atoms with Crippen LogP contribution in [0.15, 0.2) is 54.6 Å². The predicted octanol–water partition coefficient (Wildman–Crippen LogP) is 3.01. The highest BCUT2D eigenvalue weighted by Gasteiger charge is 2.18. The molecule has 0 saturated heterocycles. The average Bonchev–Trinajstić information content (AvgIpc) is 3.11. The van der Waals surface area contributed by atoms with Crippen molar-refractivity contribution in [3.8, 4) is 17.1 Å². The molecule has 1 heterocycles. The Morgan fingerprint density at radius 2 is 1.96 bits per heavy atom. The van der Waals surface area contributed by atoms with E-state index in [0.717, 1.165) is 23.2 Å². The highest BCUT2D eigenvalue weighted by atomic mass is 16.5. The van der Waals surface area contributed by atoms with Crippen molar-refractivity contribution in [1.82, 2.24) is 20.1 Å². The van der Waals surface area contributed by atoms with Gasteiger partial charge in [-0.1, -0.05) is 42.0 Å². The Morgan fingerprint density at radius 1 is 1.15 bits per heavy atom. The van der Waals surface area contributed by atoms with Gasteiger partial charge in [-0.05, 0) is 31.5 Å². The molecule has 134 valence electrons. The topological polar surface area (TPSA) is 69.0 Å². The van der Waals surface area contributed by atoms with Crippen molar-refractivity contribution < 1.29 is 9.53 Å². The molecule has 1 aromatic heterocycles. The van der Waals surface area contributed by atoms with Crippen molar-refractivity contribution in [3.63, 3.8) is 0 Å². The van der Waals surface area contributed by atoms with Crippen molar-refractivity contribution >= 4 is 5.91 Å². The lowest BCUT2D eigenvalue weighted by Crippen LogP contribution is -2.26. The van der Waals surface area contributed by atoms with E-state index in [-0.39, 0.29) is 11.7 Å². The minimum atomic E-state index is -0.287. The molecule has 0 spiro atoms. The Kier molecular flexibility index (Phi) is 5.76. The van der Waals surface area contributed by atoms with Gasteiger partial charge in [0.1, 0.15) is 0 Å². The van der Waals surface area contributed by atoms with Gasteiger partial charge in [-0.15, -0.1) is 5.10 Å². The SMILES string of the molecule is COCCCNC(=O)c1nc(-c2cccc(C)c2)n(-c2ccccc2)n1. The average molecular weight is 350 g/mol. The zero-order valence-electron chi connectivity index (χ0n) is 15.0. The number of hydrogen-bond acceptors (Lipinski definition) is 4. The first kappa shape index (κ1) is 17.8. The number of carbonyl (C=O) groups excluding carboxylic acids is 1. The van der Waals surface area contributed by atoms with Crippen LogP contribution in [0.1, 0.15) is 22.6 Å². The van der Waals surface area contributed by atoms with Crippen molar-refractivity contribution in [2.24, 2.45) is 0 Å². The van der Waals surface area contributed by atoms with Gasteiger partial charge < -0.3 is 10.1 Å². The Bertz CT molecular complexity index is 875. The van der Waals surface area contributed by atoms with Crippen LogP contribution in [-0.2, 0) is 4.74 Å². The van der Waals surface area contributed by atoms with Crippen LogP contribution in [0.2, 0.25) is 0 Å². The number of nitrogens with zero attached hydrogens (tertiary/aromatic N) is 3. The van der Waals surface area contributed by atoms with Gasteiger partial charge in [-0.3, -0.25) is 4.79 Å². The maximum Gasteiger partial charge on any atom is 0.290 e. The van der Waals surface area contributed by atoms with Gasteiger partial charge in [0.25, 0.3) is 5.91 Å². The fourth-order valence-electron chi connectivity index (χ4n) is 2.63. The van der Waals surface area contributed by atoms with E-state index in [2.05, 4.69) is 15.4 Å². The van der Waals surface area contributed by atoms with Gasteiger partial charge in [0, 0.05) is 25.8 Å². The number of benzene rings is 2. The van der Waals surface area contributed by atoms with Crippen LogP contribution in [0, 0.1) is 6.92 Å². The molecule has 0 atom stereocenters. The summed E-state index contributed by atoms with van der Waals surface area (Å²) in [6.45, 7) is 3.14. The van der Waals surface area contributed by atoms with Crippen LogP contribution in [0.4, 0.5) is 0 Å². The summed E-state index contributed by atoms with van der Waals surface area (Å²) in [6.07, 6.45) is 0.742. The van der Waals surface area contributed by atoms with Gasteiger partial charge in [-0.25, -0.2) is 9.67 Å². The summed E-state index contributed by atoms with van der Waals surface area (Å²) in [5, 5.41) is 7.28. The molecule has 1 amide bonds. The minimum absolute atomic E-state index is 0.155. The standard InChI is InChI=1S/C20H22N4O2/c1-15-8-6-9-16(14-15)19-22-18(20(25)21-12-7-13-26-2)23-24(19)17-10-4-3-5-11-17/h3-6,8-11,14H,7,12-13H2,1-2H3,(H,21,25). The molecular weight excluding hydrogens is 328 g/mol. The molecule has 0 saturated carbocycles. The molecule has 3 aromatic rings. The fraction of sp³-hybridized carbons (Fsp3) is 0.250. The Hall–Kier alpha value is -2.99. The van der Waals surface area contributed by atoms with Gasteiger partial charge in [0.2, 0.25) is 5.82 Å². The second kappa shape index (κ2) is 8.40. The Labute approximate surface area is 152 Å². The Morgan fingerprint density at radius 3 is 2.69 bits per heavy atom. The van der Waals surface area contributed by atoms with Crippen molar-refractivity contribution in [3.05, 3.63) is 66.0 Å². The van der Waals surface area contributed by atoms with Crippen molar-refractivity contribution in [1.29, 1.82) is 0 Å². The van der Waals surface area contributed by atoms with E-state index < -0.39 is 0 Å². The number of para-hydroxylation sites is 1. The third kappa shape index (κ3) is 4.15. The number of rotatable bonds is 7. The number of methoxy groups -OCH3 is 1. The van der Waals surface area contributed by atoms with E-state index in [4.69, 9.17) is 4.74 Å². The number of aryl methyl sites for hydroxylation is 1. The fourth-order valence-corrected chi connectivity index (χ4v) is 2.63. The lowest BCUT2D eigenvalue weighted by atomic mass is 10.1. The van der Waals surface area contributed by atoms with Gasteiger partial charge in [0.05, 0.1) is 5.69 Å². The van der Waals surface area contributed by atoms with Crippen LogP contribution < -0.4 is 5.32 Å². The summed E-state index contributed by atoms with van der Waals surface area (Å²) >= 11 is 0. The van der Waals surface area contributed by atoms with Crippen LogP contribution in [-0.4, -0.2) is 40.9 Å². The first-order chi connectivity index (χ1) is 12.7. The molecule has 1 N–H and O–H groups in total. The van der Waals surface area contributed by atoms with E-state index in [0.29, 0.717) is 19.0 Å². The molecule has 2 aromatic carbocycles. The van der Waals surface area contributed by atoms with E-state index in [1.165, 1.54) is 0 Å². The van der Waals surface area contributed by atoms with Crippen LogP contribution in [0.5, 0.6) is 0 Å². The third-order valence-electron chi connectivity index (χ3n) is 3.90. The predicted molar refractivity (Wildman–Crippen MR) is 100 cm³/mol. The largest absolute Gasteiger partial charge is 0.385 e. The summed E-state index contributed by atoms with van der Waals surface area (Å²) in [5.41, 5.74) is 2.89. The minimum Gasteiger partial charge on any atom is -0.385 e. The summed E-state index contributed by atoms with van der Waals surface area (Å²) in [6, 6.07) is 17.7. The molecule has 6 heteroatoms. The maximum atomic E-state index is 12.4. The number of amides is 1. The van der Waals surface area contributed by atoms with E-state index >= 15 is 0 Å². The quantitative estimate of drug-likeness (QED) is 0.665. The van der Waals surface area contributed by atoms with Crippen molar-refractivity contribution in [2.75, 3.05) is 20.3 Å². The highest BCUT2D eigenvalue weighted by molar-refractivity contribution is 5.91. The zero-order chi connectivity index (χ0) is 18.4. The summed E-state index contributed by atoms with van der Waals surface area (Å²) < 4.78 is 6.70. The zero-order valence-corrected chi connectivity index (χ0v) is 15.0. The number of hydrogen-bond donors (Lipinski definition) is 1. The highest BCUT2D eigenvalue weighted by Crippen LogP contribution is 2.22. The molecule has 6 nitrogen and oxygen atoms in total. The normalized spacial score (nSPS) is 10.7. The molecule has 0 unspecified atom stereocenters. The second-order valence-electron chi connectivity index (χ2n) is 5.98. The lowest BCUT2D eigenvalue weighted by Gasteiger charge is -2.06. The van der Waals surface area contributed by atoms with Crippen molar-refractivity contribution in [2.45, 2.75) is 13.3 Å². The molecule has 0 aliphatic rings. The number of nitrogens with one attached hydrogen (secondary N) is 1. The lowest BCUT2D eigenvalue weighted by molar-refractivity contribution is 0.0938. The smallest absolute Gasteiger partial charge is 0.290 e. The molecule has 0 fully saturated rings. The first-order valence-electron chi connectivity index (χ1n) is 8.55. The summed E-state index contributed by atoms with van der Waals surface area (Å²) in [7, 11) is 1.64. The number of carbonyl (C=O) groups is 1. The maximum absolute atomic E-state index is 12.4. The molecular formula is C20H22N4O2. The van der Waals surface area contributed by atoms with Gasteiger partial charge >= 0.3 is 0 Å². The third-order valence-corrected chi connectivity index (χ3v) is 3.90. The molecule has 26 heavy (non-hydrogen) atoms. The van der Waals surface area contributed by atoms with Crippen LogP contribution in [0.3, 0.4) is 0 Å². The number of aromatic nitrogens is 3. The first-order valence-corrected chi connectivity index (χ1v) is 8.55. The van der Waals surface area contributed by atoms with Crippen LogP contribution >= 0.6 is 0 Å². The van der Waals surface area contributed by atoms with E-state index in [1.54, 1.807) is 11.8 Å². The summed E-state index contributed by atoms with van der Waals surface area (Å²) in [5.74, 6) is 0.509. The van der Waals surface area contributed by atoms with Gasteiger partial charge in [0.15, 0.2) is 5.82 Å². The van der Waals surface area contributed by atoms with E-state index in [1.807, 2.05) is 61.5 Å². The summed E-state index contributed by atoms with van der Waals surface area (Å²) in [4.78, 5) is 16.9. The monoisotopic (exact) mass is 350 g/mol. The molecule has 0 radical (unpaired) electrons. The van der Waals surface area contributed by atoms with E-state index in [9.17, 15) is 4.79 Å². The second-order valence-corrected chi connectivity index (χ2v) is 5.98.